The second kappa shape index (κ2) is 2.86. The van der Waals surface area contributed by atoms with Crippen molar-refractivity contribution < 1.29 is 4.48 Å². The molecule has 0 unspecified atom stereocenters. The molecule has 3 fully saturated rings. The maximum atomic E-state index is 4.03. The van der Waals surface area contributed by atoms with Gasteiger partial charge in [0, 0.05) is 19.6 Å². The summed E-state index contributed by atoms with van der Waals surface area (Å²) in [5, 5.41) is 0. The van der Waals surface area contributed by atoms with Crippen LogP contribution in [0.1, 0.15) is 6.92 Å². The first-order valence-electron chi connectivity index (χ1n) is 4.92. The Hall–Kier alpha value is -0.340. The zero-order chi connectivity index (χ0) is 8.60. The van der Waals surface area contributed by atoms with Crippen LogP contribution in [0, 0.1) is 0 Å². The minimum atomic E-state index is 1.22. The maximum absolute atomic E-state index is 4.03. The molecule has 3 rings (SSSR count). The van der Waals surface area contributed by atoms with Crippen molar-refractivity contribution in [3.63, 3.8) is 0 Å². The Morgan fingerprint density at radius 3 is 2.17 bits per heavy atom. The summed E-state index contributed by atoms with van der Waals surface area (Å²) in [6.07, 6.45) is 0. The fourth-order valence-corrected chi connectivity index (χ4v) is 2.54. The van der Waals surface area contributed by atoms with Crippen LogP contribution >= 0.6 is 0 Å². The first-order valence-corrected chi connectivity index (χ1v) is 4.92. The maximum Gasteiger partial charge on any atom is 0.0999 e. The van der Waals surface area contributed by atoms with Gasteiger partial charge in [-0.05, 0) is 12.5 Å². The summed E-state index contributed by atoms with van der Waals surface area (Å²) in [6.45, 7) is 15.4. The lowest BCUT2D eigenvalue weighted by Gasteiger charge is -2.50. The fraction of sp³-hybridized carbons (Fsp3) is 0.800. The van der Waals surface area contributed by atoms with Crippen molar-refractivity contribution in [1.29, 1.82) is 0 Å². The van der Waals surface area contributed by atoms with Gasteiger partial charge >= 0.3 is 0 Å². The van der Waals surface area contributed by atoms with Crippen molar-refractivity contribution in [1.82, 2.24) is 4.90 Å². The predicted molar refractivity (Wildman–Crippen MR) is 51.0 cm³/mol. The van der Waals surface area contributed by atoms with Gasteiger partial charge in [0.1, 0.15) is 0 Å². The summed E-state index contributed by atoms with van der Waals surface area (Å²) >= 11 is 0. The Morgan fingerprint density at radius 2 is 1.75 bits per heavy atom. The highest BCUT2D eigenvalue weighted by atomic mass is 15.4. The molecule has 3 heterocycles. The van der Waals surface area contributed by atoms with E-state index in [2.05, 4.69) is 18.4 Å². The number of piperazine rings is 3. The number of hydrogen-bond acceptors (Lipinski definition) is 1. The molecule has 0 saturated carbocycles. The van der Waals surface area contributed by atoms with Gasteiger partial charge in [-0.3, -0.25) is 4.90 Å². The summed E-state index contributed by atoms with van der Waals surface area (Å²) < 4.78 is 1.33. The van der Waals surface area contributed by atoms with Gasteiger partial charge in [-0.15, -0.1) is 0 Å². The van der Waals surface area contributed by atoms with E-state index in [-0.39, 0.29) is 0 Å². The highest BCUT2D eigenvalue weighted by Crippen LogP contribution is 2.20. The monoisotopic (exact) mass is 167 g/mol. The van der Waals surface area contributed by atoms with E-state index in [4.69, 9.17) is 0 Å². The van der Waals surface area contributed by atoms with Gasteiger partial charge < -0.3 is 4.48 Å². The average molecular weight is 167 g/mol. The second-order valence-electron chi connectivity index (χ2n) is 4.47. The third-order valence-corrected chi connectivity index (χ3v) is 3.28. The summed E-state index contributed by atoms with van der Waals surface area (Å²) in [5.74, 6) is 0. The number of hydrogen-bond donors (Lipinski definition) is 0. The molecule has 0 N–H and O–H groups in total. The topological polar surface area (TPSA) is 3.24 Å². The van der Waals surface area contributed by atoms with Gasteiger partial charge in [-0.1, -0.05) is 6.58 Å². The van der Waals surface area contributed by atoms with Gasteiger partial charge in [0.05, 0.1) is 26.2 Å². The minimum Gasteiger partial charge on any atom is -0.317 e. The van der Waals surface area contributed by atoms with E-state index >= 15 is 0 Å². The smallest absolute Gasteiger partial charge is 0.0999 e. The molecule has 0 atom stereocenters. The van der Waals surface area contributed by atoms with Crippen LogP contribution in [-0.2, 0) is 0 Å². The second-order valence-corrected chi connectivity index (χ2v) is 4.47. The standard InChI is InChI=1S/C10H19N2/c1-10(2)9-12-6-3-11(4-7-12)5-8-12/h1,3-9H2,2H3/q+1. The molecule has 2 nitrogen and oxygen atoms in total. The quantitative estimate of drug-likeness (QED) is 0.432. The molecule has 3 saturated heterocycles. The van der Waals surface area contributed by atoms with Crippen LogP contribution in [0.4, 0.5) is 0 Å². The van der Waals surface area contributed by atoms with Crippen molar-refractivity contribution in [3.8, 4) is 0 Å². The molecule has 0 aromatic rings. The molecule has 0 radical (unpaired) electrons. The Morgan fingerprint density at radius 1 is 1.25 bits per heavy atom. The van der Waals surface area contributed by atoms with Crippen molar-refractivity contribution in [2.24, 2.45) is 0 Å². The van der Waals surface area contributed by atoms with Crippen LogP contribution in [0.15, 0.2) is 12.2 Å². The van der Waals surface area contributed by atoms with Crippen LogP contribution in [0.5, 0.6) is 0 Å². The summed E-state index contributed by atoms with van der Waals surface area (Å²) in [6, 6.07) is 0. The number of fused-ring (bicyclic) bond motifs is 3. The number of nitrogens with zero attached hydrogens (tertiary/aromatic N) is 2. The van der Waals surface area contributed by atoms with Gasteiger partial charge in [0.2, 0.25) is 0 Å². The van der Waals surface area contributed by atoms with E-state index in [1.165, 1.54) is 55.9 Å². The van der Waals surface area contributed by atoms with Crippen molar-refractivity contribution >= 4 is 0 Å². The summed E-state index contributed by atoms with van der Waals surface area (Å²) in [7, 11) is 0. The SMILES string of the molecule is C=C(C)C[N+]12CCN(CC1)CC2. The van der Waals surface area contributed by atoms with Crippen LogP contribution in [0.3, 0.4) is 0 Å². The lowest BCUT2D eigenvalue weighted by atomic mass is 10.1. The zero-order valence-corrected chi connectivity index (χ0v) is 8.05. The Labute approximate surface area is 75.1 Å². The van der Waals surface area contributed by atoms with E-state index < -0.39 is 0 Å². The Kier molecular flexibility index (Phi) is 1.97. The molecule has 2 heteroatoms. The first-order chi connectivity index (χ1) is 5.70. The van der Waals surface area contributed by atoms with E-state index in [1.54, 1.807) is 0 Å². The van der Waals surface area contributed by atoms with Gasteiger partial charge in [-0.2, -0.15) is 0 Å². The van der Waals surface area contributed by atoms with Crippen LogP contribution < -0.4 is 0 Å². The molecule has 0 aliphatic carbocycles. The van der Waals surface area contributed by atoms with Crippen molar-refractivity contribution in [3.05, 3.63) is 12.2 Å². The van der Waals surface area contributed by atoms with Crippen LogP contribution in [0.25, 0.3) is 0 Å². The fourth-order valence-electron chi connectivity index (χ4n) is 2.54. The lowest BCUT2D eigenvalue weighted by Crippen LogP contribution is -2.67. The average Bonchev–Trinajstić information content (AvgIpc) is 2.05. The van der Waals surface area contributed by atoms with E-state index in [9.17, 15) is 0 Å². The Bertz CT molecular complexity index is 176. The molecular weight excluding hydrogens is 148 g/mol. The first kappa shape index (κ1) is 8.27. The van der Waals surface area contributed by atoms with Gasteiger partial charge in [0.15, 0.2) is 0 Å². The van der Waals surface area contributed by atoms with E-state index in [0.717, 1.165) is 0 Å². The highest BCUT2D eigenvalue weighted by molar-refractivity contribution is 4.89. The number of rotatable bonds is 2. The summed E-state index contributed by atoms with van der Waals surface area (Å²) in [5.41, 5.74) is 1.35. The Balaban J connectivity index is 2.03. The third kappa shape index (κ3) is 1.41. The van der Waals surface area contributed by atoms with E-state index in [0.29, 0.717) is 0 Å². The molecular formula is C10H19N2+. The minimum absolute atomic E-state index is 1.22. The van der Waals surface area contributed by atoms with Gasteiger partial charge in [0.25, 0.3) is 0 Å². The lowest BCUT2D eigenvalue weighted by molar-refractivity contribution is -0.936. The van der Waals surface area contributed by atoms with Crippen LogP contribution in [-0.4, -0.2) is 55.2 Å². The molecule has 3 aliphatic rings. The zero-order valence-electron chi connectivity index (χ0n) is 8.05. The van der Waals surface area contributed by atoms with E-state index in [1.807, 2.05) is 0 Å². The molecule has 3 aliphatic heterocycles. The molecule has 2 bridgehead atoms. The van der Waals surface area contributed by atoms with Gasteiger partial charge in [-0.25, -0.2) is 0 Å². The molecule has 0 aromatic carbocycles. The van der Waals surface area contributed by atoms with Crippen LogP contribution in [0.2, 0.25) is 0 Å². The number of quaternary nitrogens is 1. The molecule has 68 valence electrons. The molecule has 0 aromatic heterocycles. The normalized spacial score (nSPS) is 39.9. The molecule has 12 heavy (non-hydrogen) atoms. The summed E-state index contributed by atoms with van der Waals surface area (Å²) in [4.78, 5) is 2.58. The highest BCUT2D eigenvalue weighted by Gasteiger charge is 2.37. The molecule has 0 spiro atoms. The van der Waals surface area contributed by atoms with Crippen molar-refractivity contribution in [2.75, 3.05) is 45.8 Å². The molecule has 0 amide bonds. The largest absolute Gasteiger partial charge is 0.317 e. The predicted octanol–water partition coefficient (Wildman–Crippen LogP) is 0.708. The van der Waals surface area contributed by atoms with Crippen molar-refractivity contribution in [2.45, 2.75) is 6.92 Å². The third-order valence-electron chi connectivity index (χ3n) is 3.28.